The lowest BCUT2D eigenvalue weighted by Crippen LogP contribution is -2.13. The first-order valence-electron chi connectivity index (χ1n) is 5.34. The van der Waals surface area contributed by atoms with Crippen LogP contribution in [0.15, 0.2) is 0 Å². The molecule has 0 bridgehead atoms. The van der Waals surface area contributed by atoms with Gasteiger partial charge in [-0.1, -0.05) is 39.0 Å². The summed E-state index contributed by atoms with van der Waals surface area (Å²) in [6, 6.07) is 0.564. The Bertz CT molecular complexity index is 102. The highest BCUT2D eigenvalue weighted by atomic mass is 31.1. The van der Waals surface area contributed by atoms with Crippen LogP contribution in [0.4, 0.5) is 0 Å². The third-order valence-corrected chi connectivity index (χ3v) is 3.39. The van der Waals surface area contributed by atoms with Crippen molar-refractivity contribution in [1.29, 1.82) is 0 Å². The molecule has 0 aromatic rings. The standard InChI is InChI=1S/C9H22BO2P/c1-2-3-4-5-6-7-8-13-9-10(11)12/h11-13H,2-9H2,1H3. The van der Waals surface area contributed by atoms with Crippen LogP contribution in [0, 0.1) is 0 Å². The van der Waals surface area contributed by atoms with Crippen LogP contribution in [0.3, 0.4) is 0 Å². The average Bonchev–Trinajstić information content (AvgIpc) is 2.09. The van der Waals surface area contributed by atoms with Crippen LogP contribution in [0.2, 0.25) is 0 Å². The van der Waals surface area contributed by atoms with E-state index < -0.39 is 7.12 Å². The van der Waals surface area contributed by atoms with Crippen LogP contribution in [0.25, 0.3) is 0 Å². The second-order valence-corrected chi connectivity index (χ2v) is 4.86. The second-order valence-electron chi connectivity index (χ2n) is 3.45. The van der Waals surface area contributed by atoms with Gasteiger partial charge in [-0.3, -0.25) is 0 Å². The smallest absolute Gasteiger partial charge is 0.427 e. The fourth-order valence-corrected chi connectivity index (χ4v) is 2.22. The first kappa shape index (κ1) is 13.4. The molecule has 0 saturated heterocycles. The van der Waals surface area contributed by atoms with Crippen molar-refractivity contribution in [2.75, 3.05) is 12.2 Å². The summed E-state index contributed by atoms with van der Waals surface area (Å²) >= 11 is 0. The SMILES string of the molecule is CCCCCCCCPCB(O)O. The lowest BCUT2D eigenvalue weighted by Gasteiger charge is -2.01. The zero-order chi connectivity index (χ0) is 9.94. The van der Waals surface area contributed by atoms with Gasteiger partial charge < -0.3 is 10.0 Å². The van der Waals surface area contributed by atoms with Crippen molar-refractivity contribution in [1.82, 2.24) is 0 Å². The molecule has 78 valence electrons. The quantitative estimate of drug-likeness (QED) is 0.342. The Balaban J connectivity index is 2.84. The van der Waals surface area contributed by atoms with E-state index in [0.717, 1.165) is 8.58 Å². The molecule has 0 spiro atoms. The molecule has 0 amide bonds. The van der Waals surface area contributed by atoms with E-state index in [1.807, 2.05) is 0 Å². The molecule has 13 heavy (non-hydrogen) atoms. The van der Waals surface area contributed by atoms with E-state index in [0.29, 0.717) is 6.06 Å². The highest BCUT2D eigenvalue weighted by molar-refractivity contribution is 7.40. The zero-order valence-corrected chi connectivity index (χ0v) is 9.63. The molecule has 0 aliphatic rings. The monoisotopic (exact) mass is 204 g/mol. The largest absolute Gasteiger partial charge is 0.455 e. The van der Waals surface area contributed by atoms with E-state index in [-0.39, 0.29) is 0 Å². The van der Waals surface area contributed by atoms with Crippen LogP contribution in [-0.4, -0.2) is 29.4 Å². The Morgan fingerprint density at radius 3 is 2.23 bits per heavy atom. The van der Waals surface area contributed by atoms with Crippen LogP contribution in [-0.2, 0) is 0 Å². The van der Waals surface area contributed by atoms with Gasteiger partial charge in [0, 0.05) is 0 Å². The molecule has 0 heterocycles. The lowest BCUT2D eigenvalue weighted by atomic mass is 9.98. The Morgan fingerprint density at radius 1 is 1.00 bits per heavy atom. The fraction of sp³-hybridized carbons (Fsp3) is 1.00. The first-order chi connectivity index (χ1) is 6.27. The molecule has 4 heteroatoms. The summed E-state index contributed by atoms with van der Waals surface area (Å²) in [6.45, 7) is 2.23. The summed E-state index contributed by atoms with van der Waals surface area (Å²) in [5, 5.41) is 17.2. The molecule has 0 aliphatic heterocycles. The van der Waals surface area contributed by atoms with Gasteiger partial charge in [-0.15, -0.1) is 8.58 Å². The van der Waals surface area contributed by atoms with Crippen molar-refractivity contribution in [3.8, 4) is 0 Å². The van der Waals surface area contributed by atoms with E-state index in [1.54, 1.807) is 0 Å². The molecule has 2 nitrogen and oxygen atoms in total. The van der Waals surface area contributed by atoms with E-state index in [1.165, 1.54) is 44.7 Å². The summed E-state index contributed by atoms with van der Waals surface area (Å²) in [7, 11) is -0.360. The van der Waals surface area contributed by atoms with E-state index >= 15 is 0 Å². The zero-order valence-electron chi connectivity index (χ0n) is 8.63. The first-order valence-corrected chi connectivity index (χ1v) is 6.75. The van der Waals surface area contributed by atoms with Gasteiger partial charge >= 0.3 is 7.12 Å². The van der Waals surface area contributed by atoms with Gasteiger partial charge in [-0.05, 0) is 18.6 Å². The Morgan fingerprint density at radius 2 is 1.62 bits per heavy atom. The molecule has 0 aliphatic carbocycles. The summed E-state index contributed by atoms with van der Waals surface area (Å²) in [4.78, 5) is 0. The van der Waals surface area contributed by atoms with Gasteiger partial charge in [0.2, 0.25) is 0 Å². The maximum Gasteiger partial charge on any atom is 0.455 e. The van der Waals surface area contributed by atoms with Crippen molar-refractivity contribution >= 4 is 15.7 Å². The molecule has 1 atom stereocenters. The Labute approximate surface area is 84.1 Å². The third-order valence-electron chi connectivity index (χ3n) is 2.03. The fourth-order valence-electron chi connectivity index (χ4n) is 1.26. The van der Waals surface area contributed by atoms with Gasteiger partial charge in [0.1, 0.15) is 0 Å². The molecule has 1 unspecified atom stereocenters. The predicted octanol–water partition coefficient (Wildman–Crippen LogP) is 2.04. The summed E-state index contributed by atoms with van der Waals surface area (Å²) in [6.07, 6.45) is 9.12. The van der Waals surface area contributed by atoms with Gasteiger partial charge in [0.15, 0.2) is 0 Å². The Hall–Kier alpha value is 0.415. The van der Waals surface area contributed by atoms with Gasteiger partial charge in [-0.25, -0.2) is 0 Å². The van der Waals surface area contributed by atoms with Gasteiger partial charge in [0.25, 0.3) is 0 Å². The lowest BCUT2D eigenvalue weighted by molar-refractivity contribution is 0.415. The molecule has 0 rings (SSSR count). The Kier molecular flexibility index (Phi) is 10.8. The number of hydrogen-bond donors (Lipinski definition) is 2. The minimum absolute atomic E-state index is 0.564. The van der Waals surface area contributed by atoms with Crippen molar-refractivity contribution in [3.05, 3.63) is 0 Å². The van der Waals surface area contributed by atoms with E-state index in [4.69, 9.17) is 10.0 Å². The molecule has 0 aromatic carbocycles. The highest BCUT2D eigenvalue weighted by Crippen LogP contribution is 2.14. The normalized spacial score (nSPS) is 11.3. The van der Waals surface area contributed by atoms with Crippen molar-refractivity contribution in [2.45, 2.75) is 45.4 Å². The van der Waals surface area contributed by atoms with Crippen LogP contribution in [0.5, 0.6) is 0 Å². The maximum absolute atomic E-state index is 8.59. The predicted molar refractivity (Wildman–Crippen MR) is 61.6 cm³/mol. The average molecular weight is 204 g/mol. The highest BCUT2D eigenvalue weighted by Gasteiger charge is 2.04. The molecule has 0 aromatic heterocycles. The molecule has 0 radical (unpaired) electrons. The minimum Gasteiger partial charge on any atom is -0.427 e. The van der Waals surface area contributed by atoms with Crippen LogP contribution < -0.4 is 0 Å². The number of rotatable bonds is 9. The topological polar surface area (TPSA) is 40.5 Å². The van der Waals surface area contributed by atoms with Crippen molar-refractivity contribution in [3.63, 3.8) is 0 Å². The third kappa shape index (κ3) is 12.4. The van der Waals surface area contributed by atoms with Gasteiger partial charge in [0.05, 0.1) is 0 Å². The van der Waals surface area contributed by atoms with Gasteiger partial charge in [-0.2, -0.15) is 0 Å². The molecule has 0 fully saturated rings. The number of unbranched alkanes of at least 4 members (excludes halogenated alkanes) is 5. The minimum atomic E-state index is -1.08. The van der Waals surface area contributed by atoms with Crippen LogP contribution in [0.1, 0.15) is 45.4 Å². The van der Waals surface area contributed by atoms with Crippen molar-refractivity contribution in [2.24, 2.45) is 0 Å². The van der Waals surface area contributed by atoms with E-state index in [2.05, 4.69) is 6.92 Å². The molecular weight excluding hydrogens is 182 g/mol. The number of hydrogen-bond acceptors (Lipinski definition) is 2. The van der Waals surface area contributed by atoms with Crippen molar-refractivity contribution < 1.29 is 10.0 Å². The maximum atomic E-state index is 8.59. The van der Waals surface area contributed by atoms with E-state index in [9.17, 15) is 0 Å². The second kappa shape index (κ2) is 10.5. The summed E-state index contributed by atoms with van der Waals surface area (Å²) in [5.74, 6) is 0. The molecular formula is C9H22BO2P. The summed E-state index contributed by atoms with van der Waals surface area (Å²) < 4.78 is 0. The molecule has 2 N–H and O–H groups in total. The van der Waals surface area contributed by atoms with Crippen LogP contribution >= 0.6 is 8.58 Å². The summed E-state index contributed by atoms with van der Waals surface area (Å²) in [5.41, 5.74) is 0. The molecule has 0 saturated carbocycles.